The monoisotopic (exact) mass is 520 g/mol. The highest BCUT2D eigenvalue weighted by Gasteiger charge is 2.36. The number of aromatic amines is 1. The minimum absolute atomic E-state index is 0.0660. The normalized spacial score (nSPS) is 16.0. The SMILES string of the molecule is COc1cc(C)[nH]c(=O)c1CNC(=O)c1c(C)n(C(C)C2CCN(C(C)(C)C(C)=O)CC2)c2ccccc12. The first-order chi connectivity index (χ1) is 18.0. The summed E-state index contributed by atoms with van der Waals surface area (Å²) < 4.78 is 7.68. The smallest absolute Gasteiger partial charge is 0.256 e. The van der Waals surface area contributed by atoms with Gasteiger partial charge in [0, 0.05) is 28.3 Å². The van der Waals surface area contributed by atoms with Crippen LogP contribution in [0.3, 0.4) is 0 Å². The van der Waals surface area contributed by atoms with Crippen molar-refractivity contribution in [1.82, 2.24) is 19.8 Å². The molecule has 1 fully saturated rings. The fourth-order valence-corrected chi connectivity index (χ4v) is 5.87. The predicted molar refractivity (Wildman–Crippen MR) is 150 cm³/mol. The number of ether oxygens (including phenoxy) is 1. The molecule has 8 nitrogen and oxygen atoms in total. The number of rotatable bonds is 8. The molecule has 2 N–H and O–H groups in total. The molecule has 1 unspecified atom stereocenters. The van der Waals surface area contributed by atoms with Crippen LogP contribution in [-0.4, -0.2) is 51.9 Å². The van der Waals surface area contributed by atoms with E-state index < -0.39 is 5.54 Å². The Hall–Kier alpha value is -3.39. The Morgan fingerprint density at radius 3 is 2.47 bits per heavy atom. The Bertz CT molecular complexity index is 1410. The Labute approximate surface area is 224 Å². The molecule has 38 heavy (non-hydrogen) atoms. The molecule has 4 rings (SSSR count). The molecule has 1 atom stereocenters. The standard InChI is InChI=1S/C30H40N4O4/c1-18-16-26(38-7)24(28(36)32-18)17-31-29(37)27-20(3)34(25-11-9-8-10-23(25)27)19(2)22-12-14-33(15-13-22)30(5,6)21(4)35/h8-11,16,19,22H,12-15,17H2,1-7H3,(H,31,37)(H,32,36). The van der Waals surface area contributed by atoms with Gasteiger partial charge < -0.3 is 19.6 Å². The Balaban J connectivity index is 1.59. The van der Waals surface area contributed by atoms with Crippen molar-refractivity contribution in [1.29, 1.82) is 0 Å². The molecule has 0 radical (unpaired) electrons. The van der Waals surface area contributed by atoms with E-state index in [1.54, 1.807) is 19.9 Å². The first-order valence-electron chi connectivity index (χ1n) is 13.4. The zero-order chi connectivity index (χ0) is 27.8. The quantitative estimate of drug-likeness (QED) is 0.455. The molecular weight excluding hydrogens is 480 g/mol. The molecule has 3 aromatic rings. The minimum atomic E-state index is -0.447. The van der Waals surface area contributed by atoms with Crippen LogP contribution in [0, 0.1) is 19.8 Å². The molecular formula is C30H40N4O4. The van der Waals surface area contributed by atoms with Crippen molar-refractivity contribution in [3.05, 3.63) is 63.2 Å². The van der Waals surface area contributed by atoms with Gasteiger partial charge in [-0.3, -0.25) is 19.3 Å². The third kappa shape index (κ3) is 5.01. The zero-order valence-corrected chi connectivity index (χ0v) is 23.6. The number of hydrogen-bond acceptors (Lipinski definition) is 5. The average molecular weight is 521 g/mol. The van der Waals surface area contributed by atoms with Crippen molar-refractivity contribution in [3.63, 3.8) is 0 Å². The van der Waals surface area contributed by atoms with Crippen molar-refractivity contribution >= 4 is 22.6 Å². The summed E-state index contributed by atoms with van der Waals surface area (Å²) in [6.45, 7) is 13.5. The number of carbonyl (C=O) groups is 2. The van der Waals surface area contributed by atoms with Gasteiger partial charge >= 0.3 is 0 Å². The van der Waals surface area contributed by atoms with Gasteiger partial charge in [0.15, 0.2) is 0 Å². The van der Waals surface area contributed by atoms with Gasteiger partial charge in [0.25, 0.3) is 11.5 Å². The van der Waals surface area contributed by atoms with Crippen LogP contribution in [0.5, 0.6) is 5.75 Å². The van der Waals surface area contributed by atoms with E-state index in [1.807, 2.05) is 39.0 Å². The maximum Gasteiger partial charge on any atom is 0.256 e. The van der Waals surface area contributed by atoms with Crippen LogP contribution in [0.25, 0.3) is 10.9 Å². The molecule has 1 aliphatic rings. The number of H-pyrrole nitrogens is 1. The average Bonchev–Trinajstić information content (AvgIpc) is 3.18. The number of fused-ring (bicyclic) bond motifs is 1. The van der Waals surface area contributed by atoms with E-state index >= 15 is 0 Å². The Morgan fingerprint density at radius 2 is 1.84 bits per heavy atom. The highest BCUT2D eigenvalue weighted by Crippen LogP contribution is 2.37. The summed E-state index contributed by atoms with van der Waals surface area (Å²) >= 11 is 0. The van der Waals surface area contributed by atoms with Gasteiger partial charge in [-0.2, -0.15) is 0 Å². The maximum absolute atomic E-state index is 13.5. The number of amides is 1. The number of ketones is 1. The molecule has 0 spiro atoms. The van der Waals surface area contributed by atoms with Crippen LogP contribution in [0.2, 0.25) is 0 Å². The van der Waals surface area contributed by atoms with Gasteiger partial charge in [-0.25, -0.2) is 0 Å². The van der Waals surface area contributed by atoms with E-state index in [4.69, 9.17) is 4.74 Å². The van der Waals surface area contributed by atoms with E-state index in [2.05, 4.69) is 32.8 Å². The number of aromatic nitrogens is 2. The first-order valence-corrected chi connectivity index (χ1v) is 13.4. The Kier molecular flexibility index (Phi) is 7.83. The second-order valence-corrected chi connectivity index (χ2v) is 11.0. The number of likely N-dealkylation sites (tertiary alicyclic amines) is 1. The van der Waals surface area contributed by atoms with Crippen molar-refractivity contribution in [2.75, 3.05) is 20.2 Å². The first kappa shape index (κ1) is 27.6. The summed E-state index contributed by atoms with van der Waals surface area (Å²) in [7, 11) is 1.52. The predicted octanol–water partition coefficient (Wildman–Crippen LogP) is 4.53. The van der Waals surface area contributed by atoms with Gasteiger partial charge in [0.2, 0.25) is 0 Å². The molecule has 0 aliphatic carbocycles. The molecule has 1 aliphatic heterocycles. The minimum Gasteiger partial charge on any atom is -0.496 e. The molecule has 204 valence electrons. The molecule has 0 bridgehead atoms. The zero-order valence-electron chi connectivity index (χ0n) is 23.6. The van der Waals surface area contributed by atoms with Gasteiger partial charge in [0.05, 0.1) is 30.3 Å². The molecule has 1 amide bonds. The van der Waals surface area contributed by atoms with Crippen molar-refractivity contribution in [3.8, 4) is 5.75 Å². The molecule has 3 heterocycles. The van der Waals surface area contributed by atoms with E-state index in [1.165, 1.54) is 7.11 Å². The Morgan fingerprint density at radius 1 is 1.18 bits per heavy atom. The highest BCUT2D eigenvalue weighted by atomic mass is 16.5. The third-order valence-electron chi connectivity index (χ3n) is 8.54. The second-order valence-electron chi connectivity index (χ2n) is 11.0. The van der Waals surface area contributed by atoms with Crippen LogP contribution < -0.4 is 15.6 Å². The fourth-order valence-electron chi connectivity index (χ4n) is 5.87. The van der Waals surface area contributed by atoms with Crippen LogP contribution >= 0.6 is 0 Å². The largest absolute Gasteiger partial charge is 0.496 e. The molecule has 1 aromatic carbocycles. The number of para-hydroxylation sites is 1. The summed E-state index contributed by atoms with van der Waals surface area (Å²) in [5, 5.41) is 3.85. The third-order valence-corrected chi connectivity index (χ3v) is 8.54. The van der Waals surface area contributed by atoms with Crippen LogP contribution in [0.4, 0.5) is 0 Å². The number of carbonyl (C=O) groups excluding carboxylic acids is 2. The van der Waals surface area contributed by atoms with Crippen LogP contribution in [-0.2, 0) is 11.3 Å². The summed E-state index contributed by atoms with van der Waals surface area (Å²) in [5.41, 5.74) is 2.94. The maximum atomic E-state index is 13.5. The van der Waals surface area contributed by atoms with E-state index in [0.29, 0.717) is 28.5 Å². The number of nitrogens with one attached hydrogen (secondary N) is 2. The number of nitrogens with zero attached hydrogens (tertiary/aromatic N) is 2. The number of pyridine rings is 1. The van der Waals surface area contributed by atoms with Gasteiger partial charge in [-0.1, -0.05) is 18.2 Å². The summed E-state index contributed by atoms with van der Waals surface area (Å²) in [6.07, 6.45) is 1.97. The topological polar surface area (TPSA) is 96.4 Å². The van der Waals surface area contributed by atoms with E-state index in [0.717, 1.165) is 42.5 Å². The lowest BCUT2D eigenvalue weighted by atomic mass is 9.86. The number of piperidine rings is 1. The van der Waals surface area contributed by atoms with Gasteiger partial charge in [-0.15, -0.1) is 0 Å². The lowest BCUT2D eigenvalue weighted by molar-refractivity contribution is -0.128. The van der Waals surface area contributed by atoms with Gasteiger partial charge in [-0.05, 0) is 85.5 Å². The molecule has 0 saturated carbocycles. The summed E-state index contributed by atoms with van der Waals surface area (Å²) in [4.78, 5) is 43.3. The van der Waals surface area contributed by atoms with Crippen LogP contribution in [0.1, 0.15) is 73.9 Å². The second kappa shape index (κ2) is 10.8. The molecule has 8 heteroatoms. The molecule has 1 saturated heterocycles. The fraction of sp³-hybridized carbons (Fsp3) is 0.500. The van der Waals surface area contributed by atoms with E-state index in [9.17, 15) is 14.4 Å². The lowest BCUT2D eigenvalue weighted by Crippen LogP contribution is -2.52. The molecule has 2 aromatic heterocycles. The number of benzene rings is 1. The summed E-state index contributed by atoms with van der Waals surface area (Å²) in [5.74, 6) is 0.857. The number of methoxy groups -OCH3 is 1. The number of Topliss-reactive ketones (excluding diaryl/α,β-unsaturated/α-hetero) is 1. The van der Waals surface area contributed by atoms with Crippen molar-refractivity contribution in [2.45, 2.75) is 72.5 Å². The van der Waals surface area contributed by atoms with Gasteiger partial charge in [0.1, 0.15) is 11.5 Å². The van der Waals surface area contributed by atoms with E-state index in [-0.39, 0.29) is 29.8 Å². The number of hydrogen-bond donors (Lipinski definition) is 2. The van der Waals surface area contributed by atoms with Crippen molar-refractivity contribution in [2.24, 2.45) is 5.92 Å². The summed E-state index contributed by atoms with van der Waals surface area (Å²) in [6, 6.07) is 9.94. The van der Waals surface area contributed by atoms with Crippen molar-refractivity contribution < 1.29 is 14.3 Å². The lowest BCUT2D eigenvalue weighted by Gasteiger charge is -2.43. The van der Waals surface area contributed by atoms with Crippen LogP contribution in [0.15, 0.2) is 35.1 Å². The number of aryl methyl sites for hydroxylation is 1. The highest BCUT2D eigenvalue weighted by molar-refractivity contribution is 6.08.